The highest BCUT2D eigenvalue weighted by Gasteiger charge is 2.34. The predicted molar refractivity (Wildman–Crippen MR) is 98.7 cm³/mol. The second kappa shape index (κ2) is 8.16. The number of rotatable bonds is 5. The minimum Gasteiger partial charge on any atom is -0.198 e. The van der Waals surface area contributed by atoms with Crippen molar-refractivity contribution in [1.82, 2.24) is 0 Å². The molecular formula is C22H29N. The van der Waals surface area contributed by atoms with Gasteiger partial charge in [0.15, 0.2) is 0 Å². The molecule has 4 unspecified atom stereocenters. The van der Waals surface area contributed by atoms with E-state index in [0.29, 0.717) is 17.8 Å². The van der Waals surface area contributed by atoms with Crippen molar-refractivity contribution in [3.05, 3.63) is 53.6 Å². The summed E-state index contributed by atoms with van der Waals surface area (Å²) < 4.78 is 0. The molecule has 0 aliphatic heterocycles. The quantitative estimate of drug-likeness (QED) is 0.597. The lowest BCUT2D eigenvalue weighted by Crippen LogP contribution is -2.30. The number of nitrogens with zero attached hydrogens (tertiary/aromatic N) is 1. The molecule has 0 bridgehead atoms. The van der Waals surface area contributed by atoms with Gasteiger partial charge in [0, 0.05) is 5.92 Å². The Kier molecular flexibility index (Phi) is 6.22. The van der Waals surface area contributed by atoms with E-state index in [1.165, 1.54) is 29.5 Å². The first-order chi connectivity index (χ1) is 11.0. The summed E-state index contributed by atoms with van der Waals surface area (Å²) in [4.78, 5) is 0. The van der Waals surface area contributed by atoms with E-state index in [1.807, 2.05) is 0 Å². The summed E-state index contributed by atoms with van der Waals surface area (Å²) in [6.07, 6.45) is 8.77. The van der Waals surface area contributed by atoms with Gasteiger partial charge in [0.1, 0.15) is 0 Å². The fourth-order valence-electron chi connectivity index (χ4n) is 3.85. The van der Waals surface area contributed by atoms with Crippen molar-refractivity contribution in [2.24, 2.45) is 23.7 Å². The Labute approximate surface area is 141 Å². The van der Waals surface area contributed by atoms with Crippen LogP contribution < -0.4 is 0 Å². The molecule has 0 radical (unpaired) electrons. The smallest absolute Gasteiger partial charge is 0.0658 e. The van der Waals surface area contributed by atoms with E-state index in [9.17, 15) is 5.26 Å². The zero-order valence-corrected chi connectivity index (χ0v) is 14.8. The Morgan fingerprint density at radius 1 is 1.30 bits per heavy atom. The third-order valence-electron chi connectivity index (χ3n) is 5.43. The van der Waals surface area contributed by atoms with Gasteiger partial charge in [0.05, 0.1) is 6.07 Å². The fourth-order valence-corrected chi connectivity index (χ4v) is 3.85. The Bertz CT molecular complexity index is 587. The third kappa shape index (κ3) is 4.83. The van der Waals surface area contributed by atoms with E-state index in [2.05, 4.69) is 69.8 Å². The highest BCUT2D eigenvalue weighted by Crippen LogP contribution is 2.41. The molecule has 0 heterocycles. The Hall–Kier alpha value is -1.81. The molecule has 1 aromatic rings. The van der Waals surface area contributed by atoms with Crippen LogP contribution in [0, 0.1) is 41.9 Å². The fraction of sp³-hybridized carbons (Fsp3) is 0.500. The molecule has 1 fully saturated rings. The first-order valence-corrected chi connectivity index (χ1v) is 8.85. The van der Waals surface area contributed by atoms with Crippen LogP contribution in [0.25, 0.3) is 6.08 Å². The molecule has 1 saturated carbocycles. The van der Waals surface area contributed by atoms with Gasteiger partial charge in [-0.2, -0.15) is 5.26 Å². The van der Waals surface area contributed by atoms with Gasteiger partial charge < -0.3 is 0 Å². The first-order valence-electron chi connectivity index (χ1n) is 8.85. The number of nitriles is 1. The molecule has 0 saturated heterocycles. The summed E-state index contributed by atoms with van der Waals surface area (Å²) in [7, 11) is 0. The molecule has 0 amide bonds. The minimum atomic E-state index is 0.215. The molecule has 1 heteroatoms. The maximum Gasteiger partial charge on any atom is 0.0658 e. The molecule has 1 aliphatic rings. The van der Waals surface area contributed by atoms with Gasteiger partial charge in [-0.3, -0.25) is 0 Å². The van der Waals surface area contributed by atoms with Gasteiger partial charge in [-0.25, -0.2) is 0 Å². The zero-order valence-electron chi connectivity index (χ0n) is 14.8. The van der Waals surface area contributed by atoms with Crippen LogP contribution in [0.2, 0.25) is 0 Å². The number of hydrogen-bond donors (Lipinski definition) is 0. The molecule has 2 rings (SSSR count). The topological polar surface area (TPSA) is 23.8 Å². The van der Waals surface area contributed by atoms with Crippen LogP contribution in [0.3, 0.4) is 0 Å². The average molecular weight is 307 g/mol. The highest BCUT2D eigenvalue weighted by molar-refractivity contribution is 5.52. The van der Waals surface area contributed by atoms with Crippen LogP contribution in [0.1, 0.15) is 50.7 Å². The second-order valence-corrected chi connectivity index (χ2v) is 7.21. The van der Waals surface area contributed by atoms with E-state index in [4.69, 9.17) is 0 Å². The summed E-state index contributed by atoms with van der Waals surface area (Å²) in [5.74, 6) is 2.05. The minimum absolute atomic E-state index is 0.215. The monoisotopic (exact) mass is 307 g/mol. The van der Waals surface area contributed by atoms with Crippen LogP contribution in [0.15, 0.2) is 42.5 Å². The van der Waals surface area contributed by atoms with Crippen LogP contribution in [-0.4, -0.2) is 0 Å². The second-order valence-electron chi connectivity index (χ2n) is 7.21. The first kappa shape index (κ1) is 17.5. The molecule has 1 aromatic carbocycles. The standard InChI is InChI=1S/C22H29N/c1-5-21-13-20(14-22(15-23)18(21)4)12-17(3)8-11-19-9-6-16(2)7-10-19/h6-11,18,20-22H,3,5,12-14H2,1-2,4H3/b11-8+. The van der Waals surface area contributed by atoms with Crippen molar-refractivity contribution in [2.45, 2.75) is 46.5 Å². The molecule has 0 aromatic heterocycles. The maximum absolute atomic E-state index is 9.41. The molecular weight excluding hydrogens is 278 g/mol. The number of benzene rings is 1. The lowest BCUT2D eigenvalue weighted by molar-refractivity contribution is 0.146. The van der Waals surface area contributed by atoms with E-state index in [-0.39, 0.29) is 5.92 Å². The molecule has 23 heavy (non-hydrogen) atoms. The summed E-state index contributed by atoms with van der Waals surface area (Å²) in [6.45, 7) is 10.8. The number of aryl methyl sites for hydroxylation is 1. The van der Waals surface area contributed by atoms with Gasteiger partial charge in [-0.05, 0) is 49.5 Å². The van der Waals surface area contributed by atoms with Crippen molar-refractivity contribution in [3.63, 3.8) is 0 Å². The summed E-state index contributed by atoms with van der Waals surface area (Å²) in [6, 6.07) is 11.1. The van der Waals surface area contributed by atoms with Crippen LogP contribution >= 0.6 is 0 Å². The molecule has 4 atom stereocenters. The van der Waals surface area contributed by atoms with Crippen molar-refractivity contribution in [1.29, 1.82) is 5.26 Å². The van der Waals surface area contributed by atoms with Gasteiger partial charge in [-0.15, -0.1) is 0 Å². The van der Waals surface area contributed by atoms with E-state index in [0.717, 1.165) is 12.8 Å². The normalized spacial score (nSPS) is 27.7. The van der Waals surface area contributed by atoms with Crippen LogP contribution in [-0.2, 0) is 0 Å². The molecule has 0 N–H and O–H groups in total. The molecule has 1 aliphatic carbocycles. The molecule has 1 nitrogen and oxygen atoms in total. The predicted octanol–water partition coefficient (Wildman–Crippen LogP) is 6.17. The van der Waals surface area contributed by atoms with E-state index < -0.39 is 0 Å². The molecule has 0 spiro atoms. The Morgan fingerprint density at radius 3 is 2.61 bits per heavy atom. The van der Waals surface area contributed by atoms with Crippen molar-refractivity contribution in [2.75, 3.05) is 0 Å². The van der Waals surface area contributed by atoms with E-state index >= 15 is 0 Å². The van der Waals surface area contributed by atoms with E-state index in [1.54, 1.807) is 0 Å². The molecule has 122 valence electrons. The summed E-state index contributed by atoms with van der Waals surface area (Å²) >= 11 is 0. The Morgan fingerprint density at radius 2 is 2.00 bits per heavy atom. The van der Waals surface area contributed by atoms with Gasteiger partial charge in [0.25, 0.3) is 0 Å². The zero-order chi connectivity index (χ0) is 16.8. The van der Waals surface area contributed by atoms with Crippen molar-refractivity contribution in [3.8, 4) is 6.07 Å². The van der Waals surface area contributed by atoms with Crippen molar-refractivity contribution < 1.29 is 0 Å². The maximum atomic E-state index is 9.41. The lowest BCUT2D eigenvalue weighted by atomic mass is 9.67. The third-order valence-corrected chi connectivity index (χ3v) is 5.43. The van der Waals surface area contributed by atoms with Crippen LogP contribution in [0.4, 0.5) is 0 Å². The van der Waals surface area contributed by atoms with Gasteiger partial charge >= 0.3 is 0 Å². The van der Waals surface area contributed by atoms with Crippen molar-refractivity contribution >= 4 is 6.08 Å². The number of hydrogen-bond acceptors (Lipinski definition) is 1. The largest absolute Gasteiger partial charge is 0.198 e. The average Bonchev–Trinajstić information content (AvgIpc) is 2.55. The summed E-state index contributed by atoms with van der Waals surface area (Å²) in [5, 5.41) is 9.41. The summed E-state index contributed by atoms with van der Waals surface area (Å²) in [5.41, 5.74) is 3.68. The van der Waals surface area contributed by atoms with Gasteiger partial charge in [-0.1, -0.05) is 74.4 Å². The SMILES string of the molecule is C=C(/C=C/c1ccc(C)cc1)CC1CC(C#N)C(C)C(CC)C1. The van der Waals surface area contributed by atoms with Gasteiger partial charge in [0.2, 0.25) is 0 Å². The Balaban J connectivity index is 1.94. The highest BCUT2D eigenvalue weighted by atomic mass is 14.4. The number of allylic oxidation sites excluding steroid dienone is 2. The lowest BCUT2D eigenvalue weighted by Gasteiger charge is -2.37. The van der Waals surface area contributed by atoms with Crippen LogP contribution in [0.5, 0.6) is 0 Å².